The Morgan fingerprint density at radius 3 is 2.59 bits per heavy atom. The first kappa shape index (κ1) is 25.4. The second-order valence-electron chi connectivity index (χ2n) is 10.3. The van der Waals surface area contributed by atoms with Crippen molar-refractivity contribution in [2.24, 2.45) is 0 Å². The molecule has 0 saturated carbocycles. The number of nitrogens with zero attached hydrogens (tertiary/aromatic N) is 4. The van der Waals surface area contributed by atoms with Crippen LogP contribution in [0.1, 0.15) is 60.8 Å². The molecule has 39 heavy (non-hydrogen) atoms. The molecule has 0 N–H and O–H groups in total. The SMILES string of the molecule is CCC(=O)c1ccc(-c2cc3ccc(F)c(-c4nn(C5CCOCC5)c5c4CN(C(C)=O)CC5)c3cn2)cc1. The molecule has 1 fully saturated rings. The molecule has 4 heterocycles. The molecule has 0 aliphatic carbocycles. The lowest BCUT2D eigenvalue weighted by Gasteiger charge is -2.29. The summed E-state index contributed by atoms with van der Waals surface area (Å²) in [5.41, 5.74) is 5.30. The third kappa shape index (κ3) is 4.63. The molecule has 2 aliphatic heterocycles. The standard InChI is InChI=1S/C31H31FN4O3/c1-3-29(38)21-6-4-20(5-7-21)27-16-22-8-9-26(32)30(24(22)17-33-27)31-25-18-35(19(2)37)13-10-28(25)36(34-31)23-11-14-39-15-12-23/h4-9,16-17,23H,3,10-15,18H2,1-2H3. The average molecular weight is 527 g/mol. The molecule has 4 aromatic rings. The predicted molar refractivity (Wildman–Crippen MR) is 147 cm³/mol. The Bertz CT molecular complexity index is 1570. The van der Waals surface area contributed by atoms with Crippen LogP contribution in [0.3, 0.4) is 0 Å². The minimum absolute atomic E-state index is 0.00164. The van der Waals surface area contributed by atoms with Crippen molar-refractivity contribution in [2.75, 3.05) is 19.8 Å². The fourth-order valence-electron chi connectivity index (χ4n) is 5.77. The molecule has 2 aliphatic rings. The molecule has 200 valence electrons. The fraction of sp³-hybridized carbons (Fsp3) is 0.355. The summed E-state index contributed by atoms with van der Waals surface area (Å²) in [6, 6.07) is 12.8. The van der Waals surface area contributed by atoms with E-state index in [4.69, 9.17) is 9.84 Å². The van der Waals surface area contributed by atoms with Gasteiger partial charge >= 0.3 is 0 Å². The third-order valence-corrected chi connectivity index (χ3v) is 7.98. The molecule has 0 bridgehead atoms. The number of ketones is 1. The second kappa shape index (κ2) is 10.3. The highest BCUT2D eigenvalue weighted by Crippen LogP contribution is 2.39. The minimum Gasteiger partial charge on any atom is -0.381 e. The number of halogens is 1. The van der Waals surface area contributed by atoms with Gasteiger partial charge in [0.1, 0.15) is 11.5 Å². The highest BCUT2D eigenvalue weighted by Gasteiger charge is 2.31. The smallest absolute Gasteiger partial charge is 0.219 e. The first-order valence-corrected chi connectivity index (χ1v) is 13.6. The van der Waals surface area contributed by atoms with E-state index in [0.29, 0.717) is 61.4 Å². The lowest BCUT2D eigenvalue weighted by atomic mass is 9.96. The summed E-state index contributed by atoms with van der Waals surface area (Å²) in [5.74, 6) is -0.263. The number of carbonyl (C=O) groups is 2. The van der Waals surface area contributed by atoms with Gasteiger partial charge in [-0.05, 0) is 30.4 Å². The monoisotopic (exact) mass is 526 g/mol. The van der Waals surface area contributed by atoms with E-state index in [1.807, 2.05) is 37.3 Å². The van der Waals surface area contributed by atoms with E-state index in [1.54, 1.807) is 24.1 Å². The Morgan fingerprint density at radius 2 is 1.87 bits per heavy atom. The van der Waals surface area contributed by atoms with Crippen LogP contribution in [-0.4, -0.2) is 51.1 Å². The van der Waals surface area contributed by atoms with Crippen LogP contribution in [0, 0.1) is 5.82 Å². The first-order chi connectivity index (χ1) is 18.9. The first-order valence-electron chi connectivity index (χ1n) is 13.6. The van der Waals surface area contributed by atoms with Crippen LogP contribution in [0.5, 0.6) is 0 Å². The lowest BCUT2D eigenvalue weighted by Crippen LogP contribution is -2.35. The summed E-state index contributed by atoms with van der Waals surface area (Å²) in [6.45, 7) is 5.81. The number of fused-ring (bicyclic) bond motifs is 2. The zero-order chi connectivity index (χ0) is 27.1. The van der Waals surface area contributed by atoms with Gasteiger partial charge < -0.3 is 9.64 Å². The number of carbonyl (C=O) groups excluding carboxylic acids is 2. The van der Waals surface area contributed by atoms with Crippen molar-refractivity contribution in [3.63, 3.8) is 0 Å². The molecule has 7 nitrogen and oxygen atoms in total. The zero-order valence-corrected chi connectivity index (χ0v) is 22.2. The van der Waals surface area contributed by atoms with E-state index in [9.17, 15) is 9.59 Å². The van der Waals surface area contributed by atoms with Gasteiger partial charge in [0.2, 0.25) is 5.91 Å². The van der Waals surface area contributed by atoms with Crippen LogP contribution in [0.15, 0.2) is 48.7 Å². The van der Waals surface area contributed by atoms with Crippen molar-refractivity contribution < 1.29 is 18.7 Å². The Hall–Kier alpha value is -3.91. The number of Topliss-reactive ketones (excluding diaryl/α,β-unsaturated/α-hetero) is 1. The Balaban J connectivity index is 1.46. The van der Waals surface area contributed by atoms with E-state index < -0.39 is 0 Å². The molecule has 1 saturated heterocycles. The summed E-state index contributed by atoms with van der Waals surface area (Å²) in [4.78, 5) is 30.8. The number of ether oxygens (including phenoxy) is 1. The molecule has 0 radical (unpaired) electrons. The quantitative estimate of drug-likeness (QED) is 0.309. The summed E-state index contributed by atoms with van der Waals surface area (Å²) >= 11 is 0. The molecule has 0 atom stereocenters. The molecule has 6 rings (SSSR count). The summed E-state index contributed by atoms with van der Waals surface area (Å²) in [7, 11) is 0. The average Bonchev–Trinajstić information content (AvgIpc) is 3.35. The maximum absolute atomic E-state index is 15.7. The van der Waals surface area contributed by atoms with Gasteiger partial charge in [-0.25, -0.2) is 4.39 Å². The number of aromatic nitrogens is 3. The van der Waals surface area contributed by atoms with Gasteiger partial charge in [-0.15, -0.1) is 0 Å². The highest BCUT2D eigenvalue weighted by atomic mass is 19.1. The maximum atomic E-state index is 15.7. The fourth-order valence-corrected chi connectivity index (χ4v) is 5.77. The molecule has 8 heteroatoms. The van der Waals surface area contributed by atoms with Gasteiger partial charge in [0, 0.05) is 85.6 Å². The Morgan fingerprint density at radius 1 is 1.10 bits per heavy atom. The second-order valence-corrected chi connectivity index (χ2v) is 10.3. The van der Waals surface area contributed by atoms with Gasteiger partial charge in [-0.1, -0.05) is 37.3 Å². The number of amides is 1. The normalized spacial score (nSPS) is 15.9. The van der Waals surface area contributed by atoms with Crippen LogP contribution in [0.25, 0.3) is 33.3 Å². The van der Waals surface area contributed by atoms with E-state index in [-0.39, 0.29) is 23.5 Å². The molecule has 0 spiro atoms. The van der Waals surface area contributed by atoms with Gasteiger partial charge in [0.25, 0.3) is 0 Å². The topological polar surface area (TPSA) is 77.3 Å². The largest absolute Gasteiger partial charge is 0.381 e. The van der Waals surface area contributed by atoms with Crippen molar-refractivity contribution in [3.8, 4) is 22.5 Å². The minimum atomic E-state index is -0.362. The predicted octanol–water partition coefficient (Wildman–Crippen LogP) is 5.75. The van der Waals surface area contributed by atoms with Crippen molar-refractivity contribution in [3.05, 3.63) is 71.3 Å². The Labute approximate surface area is 226 Å². The van der Waals surface area contributed by atoms with E-state index in [2.05, 4.69) is 9.67 Å². The van der Waals surface area contributed by atoms with E-state index >= 15 is 4.39 Å². The summed E-state index contributed by atoms with van der Waals surface area (Å²) < 4.78 is 23.3. The van der Waals surface area contributed by atoms with E-state index in [1.165, 1.54) is 6.07 Å². The van der Waals surface area contributed by atoms with E-state index in [0.717, 1.165) is 40.7 Å². The van der Waals surface area contributed by atoms with Gasteiger partial charge in [0.05, 0.1) is 11.7 Å². The zero-order valence-electron chi connectivity index (χ0n) is 22.2. The van der Waals surface area contributed by atoms with Crippen molar-refractivity contribution in [2.45, 2.75) is 52.1 Å². The number of rotatable bonds is 5. The molecular formula is C31H31FN4O3. The molecule has 0 unspecified atom stereocenters. The van der Waals surface area contributed by atoms with Crippen LogP contribution in [0.4, 0.5) is 4.39 Å². The van der Waals surface area contributed by atoms with Crippen molar-refractivity contribution >= 4 is 22.5 Å². The summed E-state index contributed by atoms with van der Waals surface area (Å²) in [6.07, 6.45) is 4.56. The molecular weight excluding hydrogens is 495 g/mol. The highest BCUT2D eigenvalue weighted by molar-refractivity contribution is 5.98. The van der Waals surface area contributed by atoms with Crippen molar-refractivity contribution in [1.82, 2.24) is 19.7 Å². The van der Waals surface area contributed by atoms with Crippen LogP contribution in [0.2, 0.25) is 0 Å². The van der Waals surface area contributed by atoms with Crippen LogP contribution >= 0.6 is 0 Å². The maximum Gasteiger partial charge on any atom is 0.219 e. The van der Waals surface area contributed by atoms with Gasteiger partial charge in [0.15, 0.2) is 5.78 Å². The number of benzene rings is 2. The number of hydrogen-bond donors (Lipinski definition) is 0. The van der Waals surface area contributed by atoms with Crippen LogP contribution < -0.4 is 0 Å². The van der Waals surface area contributed by atoms with Crippen LogP contribution in [-0.2, 0) is 22.5 Å². The number of pyridine rings is 1. The number of hydrogen-bond acceptors (Lipinski definition) is 5. The van der Waals surface area contributed by atoms with Gasteiger partial charge in [-0.3, -0.25) is 19.3 Å². The van der Waals surface area contributed by atoms with Gasteiger partial charge in [-0.2, -0.15) is 5.10 Å². The molecule has 2 aromatic heterocycles. The summed E-state index contributed by atoms with van der Waals surface area (Å²) in [5, 5.41) is 6.55. The third-order valence-electron chi connectivity index (χ3n) is 7.98. The molecule has 2 aromatic carbocycles. The van der Waals surface area contributed by atoms with Crippen molar-refractivity contribution in [1.29, 1.82) is 0 Å². The lowest BCUT2D eigenvalue weighted by molar-refractivity contribution is -0.129. The molecule has 1 amide bonds. The Kier molecular flexibility index (Phi) is 6.73.